The topological polar surface area (TPSA) is 68.3 Å². The molecule has 0 saturated carbocycles. The minimum absolute atomic E-state index is 0.0543. The van der Waals surface area contributed by atoms with E-state index in [0.717, 1.165) is 19.4 Å². The number of rotatable bonds is 7. The molecule has 0 aliphatic heterocycles. The largest absolute Gasteiger partial charge is 0.433 e. The average molecular weight is 288 g/mol. The molecule has 1 aromatic heterocycles. The van der Waals surface area contributed by atoms with E-state index in [0.29, 0.717) is 5.76 Å². The average Bonchev–Trinajstić information content (AvgIpc) is 2.95. The van der Waals surface area contributed by atoms with Crippen LogP contribution < -0.4 is 5.32 Å². The van der Waals surface area contributed by atoms with Crippen LogP contribution in [-0.2, 0) is 6.42 Å². The Kier molecular flexibility index (Phi) is 5.11. The maximum absolute atomic E-state index is 10.7. The molecule has 0 radical (unpaired) electrons. The summed E-state index contributed by atoms with van der Waals surface area (Å²) in [4.78, 5) is 10.2. The predicted octanol–water partition coefficient (Wildman–Crippen LogP) is 3.78. The van der Waals surface area contributed by atoms with Gasteiger partial charge in [0.05, 0.1) is 12.1 Å². The molecule has 1 atom stereocenters. The molecule has 2 rings (SSSR count). The minimum atomic E-state index is -0.508. The number of nitro groups is 1. The summed E-state index contributed by atoms with van der Waals surface area (Å²) in [6.45, 7) is 4.97. The maximum Gasteiger partial charge on any atom is 0.433 e. The van der Waals surface area contributed by atoms with Gasteiger partial charge in [-0.1, -0.05) is 36.8 Å². The molecule has 1 heterocycles. The first kappa shape index (κ1) is 15.3. The lowest BCUT2D eigenvalue weighted by Gasteiger charge is -2.16. The summed E-state index contributed by atoms with van der Waals surface area (Å²) >= 11 is 0. The molecule has 2 aromatic rings. The quantitative estimate of drug-likeness (QED) is 0.622. The van der Waals surface area contributed by atoms with Crippen molar-refractivity contribution in [2.45, 2.75) is 32.7 Å². The summed E-state index contributed by atoms with van der Waals surface area (Å²) in [5.41, 5.74) is 2.39. The van der Waals surface area contributed by atoms with E-state index in [1.807, 2.05) is 6.92 Å². The number of nitrogens with zero attached hydrogens (tertiary/aromatic N) is 1. The van der Waals surface area contributed by atoms with Gasteiger partial charge < -0.3 is 9.73 Å². The van der Waals surface area contributed by atoms with Crippen molar-refractivity contribution in [2.24, 2.45) is 0 Å². The highest BCUT2D eigenvalue weighted by Crippen LogP contribution is 2.24. The lowest BCUT2D eigenvalue weighted by Crippen LogP contribution is -2.23. The molecule has 1 aromatic carbocycles. The molecule has 0 aliphatic rings. The Bertz CT molecular complexity index is 590. The van der Waals surface area contributed by atoms with Crippen LogP contribution in [0, 0.1) is 17.0 Å². The van der Waals surface area contributed by atoms with E-state index in [1.54, 1.807) is 6.07 Å². The second kappa shape index (κ2) is 7.04. The number of benzene rings is 1. The van der Waals surface area contributed by atoms with Gasteiger partial charge in [0.15, 0.2) is 0 Å². The summed E-state index contributed by atoms with van der Waals surface area (Å²) in [5.74, 6) is 0.396. The fraction of sp³-hybridized carbons (Fsp3) is 0.375. The molecule has 112 valence electrons. The molecule has 0 spiro atoms. The molecule has 0 bridgehead atoms. The molecule has 0 fully saturated rings. The van der Waals surface area contributed by atoms with Crippen molar-refractivity contribution in [1.29, 1.82) is 0 Å². The lowest BCUT2D eigenvalue weighted by atomic mass is 10.0. The summed E-state index contributed by atoms with van der Waals surface area (Å²) in [6.07, 6.45) is 1.73. The summed E-state index contributed by atoms with van der Waals surface area (Å²) < 4.78 is 5.34. The van der Waals surface area contributed by atoms with Gasteiger partial charge >= 0.3 is 5.88 Å². The van der Waals surface area contributed by atoms with Crippen molar-refractivity contribution in [3.05, 3.63) is 63.4 Å². The fourth-order valence-electron chi connectivity index (χ4n) is 2.18. The Balaban J connectivity index is 2.16. The van der Waals surface area contributed by atoms with Gasteiger partial charge in [0, 0.05) is 0 Å². The van der Waals surface area contributed by atoms with Crippen molar-refractivity contribution in [3.8, 4) is 0 Å². The Morgan fingerprint density at radius 2 is 1.95 bits per heavy atom. The Hall–Kier alpha value is -2.14. The minimum Gasteiger partial charge on any atom is -0.404 e. The van der Waals surface area contributed by atoms with Gasteiger partial charge in [-0.3, -0.25) is 10.1 Å². The Morgan fingerprint density at radius 3 is 2.52 bits per heavy atom. The van der Waals surface area contributed by atoms with E-state index in [2.05, 4.69) is 36.5 Å². The van der Waals surface area contributed by atoms with Crippen molar-refractivity contribution in [1.82, 2.24) is 5.32 Å². The van der Waals surface area contributed by atoms with E-state index in [4.69, 9.17) is 4.42 Å². The van der Waals surface area contributed by atoms with E-state index in [9.17, 15) is 10.1 Å². The molecule has 1 N–H and O–H groups in total. The highest BCUT2D eigenvalue weighted by molar-refractivity contribution is 5.25. The zero-order valence-electron chi connectivity index (χ0n) is 12.3. The number of nitrogens with one attached hydrogen (secondary N) is 1. The molecule has 0 amide bonds. The van der Waals surface area contributed by atoms with Gasteiger partial charge in [-0.2, -0.15) is 0 Å². The van der Waals surface area contributed by atoms with Gasteiger partial charge in [-0.15, -0.1) is 0 Å². The first-order valence-corrected chi connectivity index (χ1v) is 7.13. The van der Waals surface area contributed by atoms with Gasteiger partial charge in [-0.25, -0.2) is 0 Å². The van der Waals surface area contributed by atoms with Crippen LogP contribution in [0.2, 0.25) is 0 Å². The van der Waals surface area contributed by atoms with E-state index in [-0.39, 0.29) is 11.9 Å². The highest BCUT2D eigenvalue weighted by Gasteiger charge is 2.19. The van der Waals surface area contributed by atoms with Crippen molar-refractivity contribution < 1.29 is 9.34 Å². The van der Waals surface area contributed by atoms with Crippen LogP contribution in [0.25, 0.3) is 0 Å². The monoisotopic (exact) mass is 288 g/mol. The second-order valence-corrected chi connectivity index (χ2v) is 5.13. The lowest BCUT2D eigenvalue weighted by molar-refractivity contribution is -0.402. The zero-order chi connectivity index (χ0) is 15.2. The highest BCUT2D eigenvalue weighted by atomic mass is 16.6. The first-order chi connectivity index (χ1) is 10.1. The number of hydrogen-bond donors (Lipinski definition) is 1. The van der Waals surface area contributed by atoms with Crippen LogP contribution in [0.3, 0.4) is 0 Å². The molecule has 0 saturated heterocycles. The molecular formula is C16H20N2O3. The Morgan fingerprint density at radius 1 is 1.24 bits per heavy atom. The second-order valence-electron chi connectivity index (χ2n) is 5.13. The molecule has 0 aliphatic carbocycles. The van der Waals surface area contributed by atoms with Crippen molar-refractivity contribution >= 4 is 5.88 Å². The smallest absolute Gasteiger partial charge is 0.404 e. The van der Waals surface area contributed by atoms with Gasteiger partial charge in [-0.05, 0) is 37.9 Å². The molecule has 21 heavy (non-hydrogen) atoms. The molecular weight excluding hydrogens is 268 g/mol. The van der Waals surface area contributed by atoms with Crippen LogP contribution in [0.5, 0.6) is 0 Å². The van der Waals surface area contributed by atoms with Crippen molar-refractivity contribution in [3.63, 3.8) is 0 Å². The Labute approximate surface area is 124 Å². The predicted molar refractivity (Wildman–Crippen MR) is 81.3 cm³/mol. The zero-order valence-corrected chi connectivity index (χ0v) is 12.3. The maximum atomic E-state index is 10.7. The van der Waals surface area contributed by atoms with Crippen LogP contribution in [0.1, 0.15) is 36.3 Å². The van der Waals surface area contributed by atoms with Crippen LogP contribution in [-0.4, -0.2) is 11.5 Å². The third kappa shape index (κ3) is 4.16. The van der Waals surface area contributed by atoms with E-state index in [1.165, 1.54) is 17.2 Å². The SMILES string of the molecule is CCCNC(Cc1ccc(C)cc1)c1ccc([N+](=O)[O-])o1. The number of aryl methyl sites for hydroxylation is 1. The first-order valence-electron chi connectivity index (χ1n) is 7.13. The number of furan rings is 1. The van der Waals surface area contributed by atoms with Gasteiger partial charge in [0.25, 0.3) is 0 Å². The fourth-order valence-corrected chi connectivity index (χ4v) is 2.18. The van der Waals surface area contributed by atoms with Gasteiger partial charge in [0.1, 0.15) is 10.7 Å². The van der Waals surface area contributed by atoms with Crippen molar-refractivity contribution in [2.75, 3.05) is 6.54 Å². The normalized spacial score (nSPS) is 12.3. The summed E-state index contributed by atoms with van der Waals surface area (Å²) in [5, 5.41) is 14.1. The molecule has 1 unspecified atom stereocenters. The van der Waals surface area contributed by atoms with E-state index >= 15 is 0 Å². The van der Waals surface area contributed by atoms with Crippen LogP contribution >= 0.6 is 0 Å². The van der Waals surface area contributed by atoms with E-state index < -0.39 is 4.92 Å². The molecule has 5 nitrogen and oxygen atoms in total. The van der Waals surface area contributed by atoms with Gasteiger partial charge in [0.2, 0.25) is 0 Å². The molecule has 5 heteroatoms. The number of hydrogen-bond acceptors (Lipinski definition) is 4. The summed E-state index contributed by atoms with van der Waals surface area (Å²) in [7, 11) is 0. The third-order valence-corrected chi connectivity index (χ3v) is 3.34. The van der Waals surface area contributed by atoms with Crippen LogP contribution in [0.4, 0.5) is 5.88 Å². The summed E-state index contributed by atoms with van der Waals surface area (Å²) in [6, 6.07) is 11.3. The third-order valence-electron chi connectivity index (χ3n) is 3.34. The van der Waals surface area contributed by atoms with Crippen LogP contribution in [0.15, 0.2) is 40.8 Å². The standard InChI is InChI=1S/C16H20N2O3/c1-3-10-17-14(11-13-6-4-12(2)5-7-13)15-8-9-16(21-15)18(19)20/h4-9,14,17H,3,10-11H2,1-2H3.